The molecule has 1 aliphatic carbocycles. The van der Waals surface area contributed by atoms with Gasteiger partial charge in [-0.1, -0.05) is 60.1 Å². The van der Waals surface area contributed by atoms with Gasteiger partial charge in [-0.15, -0.1) is 11.8 Å². The van der Waals surface area contributed by atoms with Crippen LogP contribution >= 0.6 is 23.4 Å². The first-order valence-corrected chi connectivity index (χ1v) is 11.6. The molecule has 6 heteroatoms. The first kappa shape index (κ1) is 21.0. The van der Waals surface area contributed by atoms with E-state index in [1.165, 1.54) is 5.56 Å². The molecule has 4 rings (SSSR count). The van der Waals surface area contributed by atoms with Gasteiger partial charge in [-0.3, -0.25) is 9.59 Å². The zero-order chi connectivity index (χ0) is 20.9. The standard InChI is InChI=1S/C24H25ClN2O2S/c25-19-9-5-4-8-17(19)15-22-24(29)27-20-14-18(10-11-21(20)30-22)23(28)26-13-12-16-6-2-1-3-7-16/h1-9,15,18,20-21H,10-14H2,(H,26,28)(H,27,29)/b22-15+. The number of nitrogens with one attached hydrogen (secondary N) is 2. The number of amides is 2. The Labute approximate surface area is 186 Å². The Hall–Kier alpha value is -2.24. The van der Waals surface area contributed by atoms with Gasteiger partial charge in [0.25, 0.3) is 5.91 Å². The maximum Gasteiger partial charge on any atom is 0.257 e. The van der Waals surface area contributed by atoms with Crippen molar-refractivity contribution in [1.29, 1.82) is 0 Å². The topological polar surface area (TPSA) is 58.2 Å². The molecule has 2 fully saturated rings. The fraction of sp³-hybridized carbons (Fsp3) is 0.333. The van der Waals surface area contributed by atoms with Gasteiger partial charge in [0.2, 0.25) is 5.91 Å². The second-order valence-corrected chi connectivity index (χ2v) is 9.49. The lowest BCUT2D eigenvalue weighted by atomic mass is 9.84. The molecule has 2 N–H and O–H groups in total. The summed E-state index contributed by atoms with van der Waals surface area (Å²) in [6.07, 6.45) is 5.14. The lowest BCUT2D eigenvalue weighted by Gasteiger charge is -2.39. The minimum atomic E-state index is -0.0775. The molecule has 156 valence electrons. The monoisotopic (exact) mass is 440 g/mol. The average molecular weight is 441 g/mol. The molecular formula is C24H25ClN2O2S. The third-order valence-corrected chi connectivity index (χ3v) is 7.49. The van der Waals surface area contributed by atoms with E-state index in [9.17, 15) is 9.59 Å². The van der Waals surface area contributed by atoms with Crippen molar-refractivity contribution < 1.29 is 9.59 Å². The van der Waals surface area contributed by atoms with E-state index in [2.05, 4.69) is 22.8 Å². The van der Waals surface area contributed by atoms with Crippen LogP contribution in [-0.4, -0.2) is 29.7 Å². The van der Waals surface area contributed by atoms with E-state index in [1.807, 2.05) is 48.5 Å². The summed E-state index contributed by atoms with van der Waals surface area (Å²) in [5.74, 6) is -0.0237. The summed E-state index contributed by atoms with van der Waals surface area (Å²) in [5, 5.41) is 7.13. The summed E-state index contributed by atoms with van der Waals surface area (Å²) in [7, 11) is 0. The van der Waals surface area contributed by atoms with Gasteiger partial charge in [0, 0.05) is 28.8 Å². The SMILES string of the molecule is O=C1NC2CC(C(=O)NCCc3ccccc3)CCC2S/C1=C/c1ccccc1Cl. The highest BCUT2D eigenvalue weighted by molar-refractivity contribution is 8.04. The second-order valence-electron chi connectivity index (χ2n) is 7.80. The van der Waals surface area contributed by atoms with E-state index < -0.39 is 0 Å². The van der Waals surface area contributed by atoms with Crippen LogP contribution in [0.3, 0.4) is 0 Å². The van der Waals surface area contributed by atoms with E-state index in [0.29, 0.717) is 28.1 Å². The summed E-state index contributed by atoms with van der Waals surface area (Å²) in [4.78, 5) is 25.9. The van der Waals surface area contributed by atoms with E-state index in [4.69, 9.17) is 11.6 Å². The van der Waals surface area contributed by atoms with Gasteiger partial charge in [-0.2, -0.15) is 0 Å². The van der Waals surface area contributed by atoms with Crippen molar-refractivity contribution in [3.05, 3.63) is 75.7 Å². The number of carbonyl (C=O) groups is 2. The summed E-state index contributed by atoms with van der Waals surface area (Å²) in [5.41, 5.74) is 2.07. The quantitative estimate of drug-likeness (QED) is 0.676. The van der Waals surface area contributed by atoms with Gasteiger partial charge in [0.1, 0.15) is 0 Å². The molecule has 2 aliphatic rings. The van der Waals surface area contributed by atoms with Crippen LogP contribution in [0.2, 0.25) is 5.02 Å². The highest BCUT2D eigenvalue weighted by Gasteiger charge is 2.39. The molecular weight excluding hydrogens is 416 g/mol. The average Bonchev–Trinajstić information content (AvgIpc) is 2.76. The predicted octanol–water partition coefficient (Wildman–Crippen LogP) is 4.44. The molecule has 0 aromatic heterocycles. The first-order chi connectivity index (χ1) is 14.6. The lowest BCUT2D eigenvalue weighted by Crippen LogP contribution is -2.51. The first-order valence-electron chi connectivity index (χ1n) is 10.4. The third kappa shape index (κ3) is 5.08. The number of carbonyl (C=O) groups excluding carboxylic acids is 2. The van der Waals surface area contributed by atoms with Crippen LogP contribution in [0.15, 0.2) is 59.5 Å². The predicted molar refractivity (Wildman–Crippen MR) is 123 cm³/mol. The molecule has 1 saturated carbocycles. The van der Waals surface area contributed by atoms with Crippen LogP contribution in [0.5, 0.6) is 0 Å². The van der Waals surface area contributed by atoms with E-state index in [-0.39, 0.29) is 23.8 Å². The maximum absolute atomic E-state index is 12.6. The molecule has 1 saturated heterocycles. The highest BCUT2D eigenvalue weighted by Crippen LogP contribution is 2.40. The van der Waals surface area contributed by atoms with Crippen molar-refractivity contribution in [2.75, 3.05) is 6.54 Å². The number of thioether (sulfide) groups is 1. The summed E-state index contributed by atoms with van der Waals surface area (Å²) >= 11 is 7.85. The zero-order valence-electron chi connectivity index (χ0n) is 16.6. The van der Waals surface area contributed by atoms with Gasteiger partial charge in [0.05, 0.1) is 4.91 Å². The van der Waals surface area contributed by atoms with E-state index in [0.717, 1.165) is 24.8 Å². The molecule has 3 unspecified atom stereocenters. The van der Waals surface area contributed by atoms with Crippen LogP contribution in [0.1, 0.15) is 30.4 Å². The third-order valence-electron chi connectivity index (χ3n) is 5.72. The van der Waals surface area contributed by atoms with Crippen molar-refractivity contribution in [3.63, 3.8) is 0 Å². The lowest BCUT2D eigenvalue weighted by molar-refractivity contribution is -0.127. The molecule has 0 spiro atoms. The fourth-order valence-corrected chi connectivity index (χ4v) is 5.56. The van der Waals surface area contributed by atoms with Crippen molar-refractivity contribution >= 4 is 41.3 Å². The van der Waals surface area contributed by atoms with Crippen molar-refractivity contribution in [2.24, 2.45) is 5.92 Å². The molecule has 1 heterocycles. The Bertz CT molecular complexity index is 947. The summed E-state index contributed by atoms with van der Waals surface area (Å²) in [6.45, 7) is 0.638. The van der Waals surface area contributed by atoms with Gasteiger partial charge < -0.3 is 10.6 Å². The second kappa shape index (κ2) is 9.71. The molecule has 2 aromatic rings. The number of rotatable bonds is 5. The maximum atomic E-state index is 12.6. The largest absolute Gasteiger partial charge is 0.356 e. The number of halogens is 1. The molecule has 30 heavy (non-hydrogen) atoms. The zero-order valence-corrected chi connectivity index (χ0v) is 18.2. The van der Waals surface area contributed by atoms with Crippen molar-refractivity contribution in [3.8, 4) is 0 Å². The van der Waals surface area contributed by atoms with Crippen molar-refractivity contribution in [1.82, 2.24) is 10.6 Å². The molecule has 2 aromatic carbocycles. The molecule has 4 nitrogen and oxygen atoms in total. The van der Waals surface area contributed by atoms with Crippen LogP contribution in [-0.2, 0) is 16.0 Å². The Morgan fingerprint density at radius 1 is 1.13 bits per heavy atom. The number of fused-ring (bicyclic) bond motifs is 1. The molecule has 0 bridgehead atoms. The van der Waals surface area contributed by atoms with Gasteiger partial charge >= 0.3 is 0 Å². The summed E-state index contributed by atoms with van der Waals surface area (Å²) in [6, 6.07) is 17.7. The highest BCUT2D eigenvalue weighted by atomic mass is 35.5. The van der Waals surface area contributed by atoms with Crippen LogP contribution in [0.4, 0.5) is 0 Å². The van der Waals surface area contributed by atoms with Crippen LogP contribution in [0, 0.1) is 5.92 Å². The van der Waals surface area contributed by atoms with Gasteiger partial charge in [-0.05, 0) is 49.0 Å². The minimum absolute atomic E-state index is 0.0320. The summed E-state index contributed by atoms with van der Waals surface area (Å²) < 4.78 is 0. The van der Waals surface area contributed by atoms with E-state index in [1.54, 1.807) is 11.8 Å². The fourth-order valence-electron chi connectivity index (χ4n) is 4.08. The Morgan fingerprint density at radius 3 is 2.70 bits per heavy atom. The molecule has 3 atom stereocenters. The van der Waals surface area contributed by atoms with Crippen LogP contribution in [0.25, 0.3) is 6.08 Å². The van der Waals surface area contributed by atoms with E-state index >= 15 is 0 Å². The Morgan fingerprint density at radius 2 is 1.90 bits per heavy atom. The molecule has 2 amide bonds. The Kier molecular flexibility index (Phi) is 6.80. The Balaban J connectivity index is 1.31. The number of benzene rings is 2. The smallest absolute Gasteiger partial charge is 0.257 e. The van der Waals surface area contributed by atoms with Gasteiger partial charge in [-0.25, -0.2) is 0 Å². The minimum Gasteiger partial charge on any atom is -0.356 e. The molecule has 0 radical (unpaired) electrons. The molecule has 1 aliphatic heterocycles. The van der Waals surface area contributed by atoms with Gasteiger partial charge in [0.15, 0.2) is 0 Å². The van der Waals surface area contributed by atoms with Crippen molar-refractivity contribution in [2.45, 2.75) is 37.0 Å². The normalized spacial score (nSPS) is 24.8. The number of hydrogen-bond donors (Lipinski definition) is 2. The van der Waals surface area contributed by atoms with Crippen LogP contribution < -0.4 is 10.6 Å². The number of hydrogen-bond acceptors (Lipinski definition) is 3.